The van der Waals surface area contributed by atoms with Gasteiger partial charge in [-0.15, -0.1) is 9.24 Å². The Hall–Kier alpha value is -0.720. The van der Waals surface area contributed by atoms with Crippen LogP contribution in [0.5, 0.6) is 0 Å². The number of hydrogen-bond donors (Lipinski definition) is 2. The van der Waals surface area contributed by atoms with Crippen LogP contribution >= 0.6 is 9.24 Å². The van der Waals surface area contributed by atoms with Crippen LogP contribution in [0.15, 0.2) is 0 Å². The highest BCUT2D eigenvalue weighted by Crippen LogP contribution is 2.22. The van der Waals surface area contributed by atoms with Gasteiger partial charge in [0.05, 0.1) is 17.5 Å². The number of carbonyl (C=O) groups excluding carboxylic acids is 2. The van der Waals surface area contributed by atoms with Crippen LogP contribution in [0.2, 0.25) is 0 Å². The first-order valence-electron chi connectivity index (χ1n) is 8.36. The maximum Gasteiger partial charge on any atom is 0.245 e. The standard InChI is InChI=1S/C15H30N3O4PS/c1-10(2)13(17-14(19)11(3)16)15(20)18-6-4-5-12(18)9-24(21,22)8-7-23/h10-13H,4-9,16,23H2,1-3H3,(H,17,19)/t11-,12-,13-/m0/s1. The second-order valence-corrected chi connectivity index (χ2v) is 9.56. The lowest BCUT2D eigenvalue weighted by Crippen LogP contribution is -2.55. The maximum atomic E-state index is 12.9. The van der Waals surface area contributed by atoms with Gasteiger partial charge in [-0.25, -0.2) is 8.42 Å². The van der Waals surface area contributed by atoms with Crippen LogP contribution in [0.3, 0.4) is 0 Å². The van der Waals surface area contributed by atoms with Crippen LogP contribution in [-0.2, 0) is 19.4 Å². The molecule has 0 spiro atoms. The number of sulfone groups is 1. The van der Waals surface area contributed by atoms with Crippen molar-refractivity contribution in [3.05, 3.63) is 0 Å². The summed E-state index contributed by atoms with van der Waals surface area (Å²) in [5, 5.41) is 2.69. The van der Waals surface area contributed by atoms with Crippen LogP contribution in [-0.4, -0.2) is 67.5 Å². The van der Waals surface area contributed by atoms with Gasteiger partial charge >= 0.3 is 0 Å². The zero-order valence-corrected chi connectivity index (χ0v) is 16.7. The summed E-state index contributed by atoms with van der Waals surface area (Å²) < 4.78 is 24.2. The topological polar surface area (TPSA) is 110 Å². The minimum absolute atomic E-state index is 0.0147. The third-order valence-electron chi connectivity index (χ3n) is 4.18. The summed E-state index contributed by atoms with van der Waals surface area (Å²) in [6, 6.07) is -1.70. The van der Waals surface area contributed by atoms with Crippen molar-refractivity contribution in [1.82, 2.24) is 10.2 Å². The largest absolute Gasteiger partial charge is 0.343 e. The van der Waals surface area contributed by atoms with Crippen LogP contribution in [0.1, 0.15) is 33.6 Å². The molecule has 3 N–H and O–H groups in total. The number of nitrogens with zero attached hydrogens (tertiary/aromatic N) is 1. The van der Waals surface area contributed by atoms with E-state index in [9.17, 15) is 18.0 Å². The van der Waals surface area contributed by atoms with Gasteiger partial charge in [0.2, 0.25) is 11.8 Å². The lowest BCUT2D eigenvalue weighted by atomic mass is 10.0. The highest BCUT2D eigenvalue weighted by molar-refractivity contribution is 7.91. The molecule has 7 nitrogen and oxygen atoms in total. The fraction of sp³-hybridized carbons (Fsp3) is 0.867. The van der Waals surface area contributed by atoms with E-state index < -0.39 is 21.9 Å². The molecule has 24 heavy (non-hydrogen) atoms. The third-order valence-corrected chi connectivity index (χ3v) is 6.64. The van der Waals surface area contributed by atoms with Crippen molar-refractivity contribution in [3.8, 4) is 0 Å². The van der Waals surface area contributed by atoms with Gasteiger partial charge in [-0.2, -0.15) is 0 Å². The van der Waals surface area contributed by atoms with Gasteiger partial charge in [0.15, 0.2) is 9.84 Å². The molecule has 2 amide bonds. The number of amides is 2. The van der Waals surface area contributed by atoms with E-state index in [-0.39, 0.29) is 35.3 Å². The van der Waals surface area contributed by atoms with Crippen LogP contribution in [0.25, 0.3) is 0 Å². The fourth-order valence-electron chi connectivity index (χ4n) is 2.83. The summed E-state index contributed by atoms with van der Waals surface area (Å²) in [7, 11) is -0.774. The van der Waals surface area contributed by atoms with Gasteiger partial charge in [-0.05, 0) is 31.8 Å². The van der Waals surface area contributed by atoms with Crippen LogP contribution in [0.4, 0.5) is 0 Å². The molecule has 1 unspecified atom stereocenters. The van der Waals surface area contributed by atoms with Crippen LogP contribution in [0, 0.1) is 5.92 Å². The van der Waals surface area contributed by atoms with E-state index in [1.54, 1.807) is 11.8 Å². The Morgan fingerprint density at radius 2 is 1.96 bits per heavy atom. The molecule has 1 rings (SSSR count). The van der Waals surface area contributed by atoms with Gasteiger partial charge < -0.3 is 16.0 Å². The second-order valence-electron chi connectivity index (χ2n) is 6.75. The smallest absolute Gasteiger partial charge is 0.245 e. The number of likely N-dealkylation sites (tertiary alicyclic amines) is 1. The minimum Gasteiger partial charge on any atom is -0.343 e. The minimum atomic E-state index is -3.19. The number of nitrogens with two attached hydrogens (primary N) is 1. The van der Waals surface area contributed by atoms with Gasteiger partial charge in [0.25, 0.3) is 0 Å². The molecule has 1 fully saturated rings. The predicted molar refractivity (Wildman–Crippen MR) is 98.4 cm³/mol. The normalized spacial score (nSPS) is 20.9. The van der Waals surface area contributed by atoms with Gasteiger partial charge in [0, 0.05) is 12.6 Å². The second kappa shape index (κ2) is 9.11. The number of carbonyl (C=O) groups is 2. The van der Waals surface area contributed by atoms with E-state index in [2.05, 4.69) is 14.6 Å². The first-order valence-corrected chi connectivity index (χ1v) is 11.0. The molecule has 0 saturated carbocycles. The number of rotatable bonds is 8. The first-order chi connectivity index (χ1) is 11.1. The summed E-state index contributed by atoms with van der Waals surface area (Å²) in [4.78, 5) is 26.4. The van der Waals surface area contributed by atoms with Crippen LogP contribution < -0.4 is 11.1 Å². The highest BCUT2D eigenvalue weighted by atomic mass is 32.2. The molecule has 0 bridgehead atoms. The Morgan fingerprint density at radius 3 is 2.46 bits per heavy atom. The maximum absolute atomic E-state index is 12.9. The molecule has 1 heterocycles. The molecule has 1 aliphatic heterocycles. The zero-order chi connectivity index (χ0) is 18.5. The highest BCUT2D eigenvalue weighted by Gasteiger charge is 2.37. The molecule has 9 heteroatoms. The monoisotopic (exact) mass is 379 g/mol. The summed E-state index contributed by atoms with van der Waals surface area (Å²) in [5.41, 5.74) is 5.56. The Kier molecular flexibility index (Phi) is 8.09. The van der Waals surface area contributed by atoms with Gasteiger partial charge in [-0.3, -0.25) is 9.59 Å². The summed E-state index contributed by atoms with van der Waals surface area (Å²) in [6.07, 6.45) is 1.94. The molecular weight excluding hydrogens is 349 g/mol. The zero-order valence-electron chi connectivity index (χ0n) is 14.7. The summed E-state index contributed by atoms with van der Waals surface area (Å²) in [5.74, 6) is -0.620. The molecule has 0 aromatic carbocycles. The van der Waals surface area contributed by atoms with E-state index in [1.807, 2.05) is 13.8 Å². The molecule has 0 aliphatic carbocycles. The summed E-state index contributed by atoms with van der Waals surface area (Å²) >= 11 is 0. The van der Waals surface area contributed by atoms with Gasteiger partial charge in [0.1, 0.15) is 6.04 Å². The molecule has 4 atom stereocenters. The molecule has 140 valence electrons. The van der Waals surface area contributed by atoms with Crippen molar-refractivity contribution >= 4 is 30.9 Å². The third kappa shape index (κ3) is 5.97. The average Bonchev–Trinajstić information content (AvgIpc) is 2.90. The van der Waals surface area contributed by atoms with Crippen molar-refractivity contribution in [2.45, 2.75) is 51.7 Å². The van der Waals surface area contributed by atoms with Crippen molar-refractivity contribution in [2.24, 2.45) is 11.7 Å². The van der Waals surface area contributed by atoms with E-state index in [1.165, 1.54) is 0 Å². The van der Waals surface area contributed by atoms with E-state index in [4.69, 9.17) is 5.73 Å². The van der Waals surface area contributed by atoms with E-state index >= 15 is 0 Å². The Labute approximate surface area is 147 Å². The Bertz CT molecular complexity index is 551. The number of hydrogen-bond acceptors (Lipinski definition) is 5. The van der Waals surface area contributed by atoms with Crippen molar-refractivity contribution in [1.29, 1.82) is 0 Å². The Morgan fingerprint density at radius 1 is 1.33 bits per heavy atom. The molecule has 1 saturated heterocycles. The lowest BCUT2D eigenvalue weighted by molar-refractivity contribution is -0.138. The van der Waals surface area contributed by atoms with Crippen molar-refractivity contribution in [3.63, 3.8) is 0 Å². The predicted octanol–water partition coefficient (Wildman–Crippen LogP) is -0.245. The van der Waals surface area contributed by atoms with Crippen molar-refractivity contribution in [2.75, 3.05) is 24.2 Å². The van der Waals surface area contributed by atoms with Gasteiger partial charge in [-0.1, -0.05) is 13.8 Å². The molecule has 0 aromatic rings. The van der Waals surface area contributed by atoms with E-state index in [0.717, 1.165) is 6.42 Å². The number of nitrogens with one attached hydrogen (secondary N) is 1. The van der Waals surface area contributed by atoms with E-state index in [0.29, 0.717) is 19.1 Å². The lowest BCUT2D eigenvalue weighted by Gasteiger charge is -2.31. The average molecular weight is 379 g/mol. The molecule has 0 radical (unpaired) electrons. The quantitative estimate of drug-likeness (QED) is 0.566. The summed E-state index contributed by atoms with van der Waals surface area (Å²) in [6.45, 7) is 5.78. The Balaban J connectivity index is 2.86. The van der Waals surface area contributed by atoms with Crippen molar-refractivity contribution < 1.29 is 18.0 Å². The molecular formula is C15H30N3O4PS. The molecule has 0 aromatic heterocycles. The fourth-order valence-corrected chi connectivity index (χ4v) is 5.37. The molecule has 1 aliphatic rings. The SMILES string of the molecule is CC(C)[C@H](NC(=O)[C@H](C)N)C(=O)N1CCC[C@H]1CS(=O)(=O)CCP. The first kappa shape index (κ1) is 21.3.